The van der Waals surface area contributed by atoms with Gasteiger partial charge in [-0.3, -0.25) is 14.7 Å². The highest BCUT2D eigenvalue weighted by Crippen LogP contribution is 2.21. The molecule has 1 atom stereocenters. The zero-order chi connectivity index (χ0) is 14.1. The van der Waals surface area contributed by atoms with E-state index in [1.807, 2.05) is 0 Å². The molecule has 1 aromatic rings. The first-order chi connectivity index (χ1) is 9.66. The van der Waals surface area contributed by atoms with E-state index in [2.05, 4.69) is 15.0 Å². The van der Waals surface area contributed by atoms with Gasteiger partial charge in [-0.2, -0.15) is 4.99 Å². The Labute approximate surface area is 119 Å². The molecule has 2 aliphatic rings. The monoisotopic (exact) mass is 288 g/mol. The Balaban J connectivity index is 1.91. The van der Waals surface area contributed by atoms with Crippen LogP contribution in [-0.2, 0) is 11.3 Å². The van der Waals surface area contributed by atoms with Crippen molar-refractivity contribution in [2.24, 2.45) is 15.0 Å². The first-order valence-electron chi connectivity index (χ1n) is 5.90. The molecular formula is C13H9ClN4O2. The Morgan fingerprint density at radius 1 is 1.20 bits per heavy atom. The van der Waals surface area contributed by atoms with Gasteiger partial charge >= 0.3 is 6.03 Å². The normalized spacial score (nSPS) is 20.9. The number of benzene rings is 1. The SMILES string of the molecule is O=C1N=C2N=CC=NC2C(=O)N1Cc1ccccc1Cl. The Morgan fingerprint density at radius 3 is 2.80 bits per heavy atom. The van der Waals surface area contributed by atoms with Crippen LogP contribution in [0.1, 0.15) is 5.56 Å². The Kier molecular flexibility index (Phi) is 3.15. The van der Waals surface area contributed by atoms with Gasteiger partial charge in [0.1, 0.15) is 0 Å². The molecule has 1 aromatic carbocycles. The van der Waals surface area contributed by atoms with Crippen molar-refractivity contribution in [3.05, 3.63) is 34.9 Å². The van der Waals surface area contributed by atoms with Gasteiger partial charge in [-0.1, -0.05) is 29.8 Å². The van der Waals surface area contributed by atoms with E-state index in [0.29, 0.717) is 10.6 Å². The molecule has 3 amide bonds. The van der Waals surface area contributed by atoms with Gasteiger partial charge in [-0.05, 0) is 11.6 Å². The molecule has 0 N–H and O–H groups in total. The Hall–Kier alpha value is -2.34. The summed E-state index contributed by atoms with van der Waals surface area (Å²) in [5.74, 6) is -0.300. The van der Waals surface area contributed by atoms with Crippen LogP contribution >= 0.6 is 11.6 Å². The van der Waals surface area contributed by atoms with Gasteiger partial charge in [0.05, 0.1) is 6.54 Å². The summed E-state index contributed by atoms with van der Waals surface area (Å²) in [6.07, 6.45) is 2.82. The van der Waals surface area contributed by atoms with Crippen molar-refractivity contribution < 1.29 is 9.59 Å². The third kappa shape index (κ3) is 2.14. The van der Waals surface area contributed by atoms with Gasteiger partial charge in [-0.15, -0.1) is 0 Å². The Morgan fingerprint density at radius 2 is 2.00 bits per heavy atom. The van der Waals surface area contributed by atoms with Crippen molar-refractivity contribution in [2.75, 3.05) is 0 Å². The van der Waals surface area contributed by atoms with Crippen molar-refractivity contribution in [1.29, 1.82) is 0 Å². The van der Waals surface area contributed by atoms with Crippen LogP contribution in [0.4, 0.5) is 4.79 Å². The minimum Gasteiger partial charge on any atom is -0.271 e. The molecule has 2 aliphatic heterocycles. The minimum atomic E-state index is -0.833. The molecule has 6 nitrogen and oxygen atoms in total. The first kappa shape index (κ1) is 12.7. The van der Waals surface area contributed by atoms with Crippen molar-refractivity contribution in [3.8, 4) is 0 Å². The molecule has 0 bridgehead atoms. The number of hydrogen-bond acceptors (Lipinski definition) is 4. The topological polar surface area (TPSA) is 74.5 Å². The van der Waals surface area contributed by atoms with Crippen LogP contribution < -0.4 is 0 Å². The molecule has 7 heteroatoms. The quantitative estimate of drug-likeness (QED) is 0.831. The van der Waals surface area contributed by atoms with E-state index in [-0.39, 0.29) is 12.4 Å². The molecule has 0 aliphatic carbocycles. The largest absolute Gasteiger partial charge is 0.352 e. The summed E-state index contributed by atoms with van der Waals surface area (Å²) in [5.41, 5.74) is 0.679. The summed E-state index contributed by atoms with van der Waals surface area (Å²) in [6.45, 7) is 0.0733. The second-order valence-electron chi connectivity index (χ2n) is 4.25. The van der Waals surface area contributed by atoms with E-state index in [9.17, 15) is 9.59 Å². The number of aliphatic imine (C=N–C) groups is 3. The number of amides is 3. The summed E-state index contributed by atoms with van der Waals surface area (Å²) in [7, 11) is 0. The lowest BCUT2D eigenvalue weighted by Gasteiger charge is -2.27. The van der Waals surface area contributed by atoms with Crippen molar-refractivity contribution >= 4 is 41.8 Å². The lowest BCUT2D eigenvalue weighted by atomic mass is 10.1. The van der Waals surface area contributed by atoms with Gasteiger partial charge in [0.25, 0.3) is 5.91 Å². The van der Waals surface area contributed by atoms with E-state index in [4.69, 9.17) is 11.6 Å². The number of nitrogens with zero attached hydrogens (tertiary/aromatic N) is 4. The third-order valence-electron chi connectivity index (χ3n) is 2.98. The fraction of sp³-hybridized carbons (Fsp3) is 0.154. The second kappa shape index (κ2) is 4.97. The lowest BCUT2D eigenvalue weighted by Crippen LogP contribution is -2.48. The van der Waals surface area contributed by atoms with Gasteiger partial charge in [0.2, 0.25) is 0 Å². The van der Waals surface area contributed by atoms with Crippen LogP contribution in [-0.4, -0.2) is 41.1 Å². The summed E-state index contributed by atoms with van der Waals surface area (Å²) in [6, 6.07) is 5.55. The zero-order valence-corrected chi connectivity index (χ0v) is 11.0. The summed E-state index contributed by atoms with van der Waals surface area (Å²) in [5, 5.41) is 0.494. The van der Waals surface area contributed by atoms with Crippen LogP contribution in [0.25, 0.3) is 0 Å². The molecule has 0 saturated heterocycles. The van der Waals surface area contributed by atoms with Crippen molar-refractivity contribution in [2.45, 2.75) is 12.6 Å². The number of urea groups is 1. The molecule has 0 aromatic heterocycles. The van der Waals surface area contributed by atoms with Gasteiger partial charge in [0.15, 0.2) is 11.9 Å². The summed E-state index contributed by atoms with van der Waals surface area (Å²) in [4.78, 5) is 36.9. The number of rotatable bonds is 2. The van der Waals surface area contributed by atoms with Crippen LogP contribution in [0.5, 0.6) is 0 Å². The molecule has 2 heterocycles. The van der Waals surface area contributed by atoms with Crippen LogP contribution in [0, 0.1) is 0 Å². The number of halogens is 1. The second-order valence-corrected chi connectivity index (χ2v) is 4.65. The average molecular weight is 289 g/mol. The van der Waals surface area contributed by atoms with E-state index in [1.54, 1.807) is 24.3 Å². The maximum Gasteiger partial charge on any atom is 0.352 e. The molecule has 0 saturated carbocycles. The predicted octanol–water partition coefficient (Wildman–Crippen LogP) is 1.72. The van der Waals surface area contributed by atoms with Crippen LogP contribution in [0.3, 0.4) is 0 Å². The van der Waals surface area contributed by atoms with Crippen LogP contribution in [0.15, 0.2) is 39.2 Å². The predicted molar refractivity (Wildman–Crippen MR) is 75.6 cm³/mol. The fourth-order valence-corrected chi connectivity index (χ4v) is 2.17. The zero-order valence-electron chi connectivity index (χ0n) is 10.2. The maximum absolute atomic E-state index is 12.3. The standard InChI is InChI=1S/C13H9ClN4O2/c14-9-4-2-1-3-8(9)7-18-12(19)10-11(17-13(18)20)16-6-5-15-10/h1-6,10H,7H2. The van der Waals surface area contributed by atoms with Gasteiger partial charge in [-0.25, -0.2) is 9.79 Å². The van der Waals surface area contributed by atoms with Gasteiger partial charge in [0, 0.05) is 17.5 Å². The highest BCUT2D eigenvalue weighted by molar-refractivity contribution is 6.31. The lowest BCUT2D eigenvalue weighted by molar-refractivity contribution is -0.128. The van der Waals surface area contributed by atoms with Crippen LogP contribution in [0.2, 0.25) is 5.02 Å². The first-order valence-corrected chi connectivity index (χ1v) is 6.28. The van der Waals surface area contributed by atoms with E-state index in [0.717, 1.165) is 4.90 Å². The number of imide groups is 1. The fourth-order valence-electron chi connectivity index (χ4n) is 1.98. The molecule has 0 fully saturated rings. The molecule has 100 valence electrons. The number of carbonyl (C=O) groups is 2. The smallest absolute Gasteiger partial charge is 0.271 e. The number of fused-ring (bicyclic) bond motifs is 1. The maximum atomic E-state index is 12.3. The molecular weight excluding hydrogens is 280 g/mol. The summed E-state index contributed by atoms with van der Waals surface area (Å²) >= 11 is 6.04. The van der Waals surface area contributed by atoms with Crippen molar-refractivity contribution in [3.63, 3.8) is 0 Å². The number of hydrogen-bond donors (Lipinski definition) is 0. The Bertz CT molecular complexity index is 681. The molecule has 1 unspecified atom stereocenters. The average Bonchev–Trinajstić information content (AvgIpc) is 2.45. The number of carbonyl (C=O) groups excluding carboxylic acids is 2. The highest BCUT2D eigenvalue weighted by Gasteiger charge is 2.37. The van der Waals surface area contributed by atoms with E-state index < -0.39 is 18.0 Å². The molecule has 20 heavy (non-hydrogen) atoms. The van der Waals surface area contributed by atoms with E-state index >= 15 is 0 Å². The highest BCUT2D eigenvalue weighted by atomic mass is 35.5. The minimum absolute atomic E-state index is 0.0733. The molecule has 3 rings (SSSR count). The van der Waals surface area contributed by atoms with Gasteiger partial charge < -0.3 is 0 Å². The third-order valence-corrected chi connectivity index (χ3v) is 3.35. The van der Waals surface area contributed by atoms with E-state index in [1.165, 1.54) is 12.4 Å². The molecule has 0 spiro atoms. The summed E-state index contributed by atoms with van der Waals surface area (Å²) < 4.78 is 0. The van der Waals surface area contributed by atoms with Crippen molar-refractivity contribution in [1.82, 2.24) is 4.90 Å². The molecule has 0 radical (unpaired) electrons. The number of amidine groups is 1.